The molecule has 3 nitrogen and oxygen atoms in total. The monoisotopic (exact) mass is 255 g/mol. The van der Waals surface area contributed by atoms with Crippen molar-refractivity contribution in [1.82, 2.24) is 4.90 Å². The van der Waals surface area contributed by atoms with Gasteiger partial charge in [-0.3, -0.25) is 4.90 Å². The Labute approximate surface area is 112 Å². The van der Waals surface area contributed by atoms with Gasteiger partial charge in [0.25, 0.3) is 0 Å². The molecule has 1 unspecified atom stereocenters. The van der Waals surface area contributed by atoms with Crippen LogP contribution in [0, 0.1) is 0 Å². The minimum Gasteiger partial charge on any atom is -0.504 e. The molecule has 0 aliphatic carbocycles. The summed E-state index contributed by atoms with van der Waals surface area (Å²) in [5.41, 5.74) is 3.21. The Balaban J connectivity index is 1.86. The first-order valence-electron chi connectivity index (χ1n) is 6.48. The number of hydrogen-bond acceptors (Lipinski definition) is 3. The van der Waals surface area contributed by atoms with E-state index in [0.29, 0.717) is 6.54 Å². The molecule has 3 rings (SSSR count). The van der Waals surface area contributed by atoms with Crippen molar-refractivity contribution in [2.45, 2.75) is 26.1 Å². The van der Waals surface area contributed by atoms with Gasteiger partial charge in [0.2, 0.25) is 0 Å². The molecular formula is C16H17NO2. The molecular weight excluding hydrogens is 238 g/mol. The third-order valence-corrected chi connectivity index (χ3v) is 3.92. The van der Waals surface area contributed by atoms with Gasteiger partial charge in [0.1, 0.15) is 0 Å². The first-order valence-corrected chi connectivity index (χ1v) is 6.48. The highest BCUT2D eigenvalue weighted by Gasteiger charge is 2.27. The zero-order valence-corrected chi connectivity index (χ0v) is 10.9. The highest BCUT2D eigenvalue weighted by molar-refractivity contribution is 5.50. The highest BCUT2D eigenvalue weighted by Crippen LogP contribution is 2.39. The van der Waals surface area contributed by atoms with Gasteiger partial charge in [-0.1, -0.05) is 36.4 Å². The summed E-state index contributed by atoms with van der Waals surface area (Å²) >= 11 is 0. The molecule has 0 fully saturated rings. The fourth-order valence-electron chi connectivity index (χ4n) is 2.68. The van der Waals surface area contributed by atoms with E-state index < -0.39 is 0 Å². The quantitative estimate of drug-likeness (QED) is 0.810. The van der Waals surface area contributed by atoms with Gasteiger partial charge in [-0.25, -0.2) is 0 Å². The Morgan fingerprint density at radius 1 is 1.00 bits per heavy atom. The van der Waals surface area contributed by atoms with Crippen molar-refractivity contribution in [3.63, 3.8) is 0 Å². The van der Waals surface area contributed by atoms with E-state index in [1.807, 2.05) is 24.3 Å². The first-order chi connectivity index (χ1) is 9.16. The Morgan fingerprint density at radius 2 is 1.74 bits per heavy atom. The first kappa shape index (κ1) is 12.1. The highest BCUT2D eigenvalue weighted by atomic mass is 16.3. The van der Waals surface area contributed by atoms with Crippen molar-refractivity contribution in [2.24, 2.45) is 0 Å². The molecule has 0 spiro atoms. The Bertz CT molecular complexity index is 595. The van der Waals surface area contributed by atoms with Crippen molar-refractivity contribution in [3.8, 4) is 11.5 Å². The van der Waals surface area contributed by atoms with E-state index in [2.05, 4.69) is 24.0 Å². The Hall–Kier alpha value is -2.00. The van der Waals surface area contributed by atoms with Crippen LogP contribution < -0.4 is 0 Å². The zero-order valence-electron chi connectivity index (χ0n) is 10.9. The van der Waals surface area contributed by atoms with Crippen molar-refractivity contribution in [1.29, 1.82) is 0 Å². The molecule has 2 aromatic rings. The van der Waals surface area contributed by atoms with Crippen LogP contribution in [0.15, 0.2) is 42.5 Å². The number of rotatable bonds is 2. The van der Waals surface area contributed by atoms with Gasteiger partial charge < -0.3 is 10.2 Å². The third-order valence-electron chi connectivity index (χ3n) is 3.92. The molecule has 19 heavy (non-hydrogen) atoms. The predicted molar refractivity (Wildman–Crippen MR) is 73.9 cm³/mol. The van der Waals surface area contributed by atoms with Crippen molar-refractivity contribution in [3.05, 3.63) is 59.2 Å². The van der Waals surface area contributed by atoms with Gasteiger partial charge in [-0.15, -0.1) is 0 Å². The van der Waals surface area contributed by atoms with E-state index >= 15 is 0 Å². The summed E-state index contributed by atoms with van der Waals surface area (Å²) in [6.45, 7) is 3.64. The molecule has 0 saturated carbocycles. The average molecular weight is 255 g/mol. The molecule has 0 radical (unpaired) electrons. The van der Waals surface area contributed by atoms with Crippen LogP contribution in [0.1, 0.15) is 29.7 Å². The number of aromatic hydroxyl groups is 2. The van der Waals surface area contributed by atoms with Crippen molar-refractivity contribution >= 4 is 0 Å². The predicted octanol–water partition coefficient (Wildman–Crippen LogP) is 3.17. The lowest BCUT2D eigenvalue weighted by atomic mass is 10.1. The summed E-state index contributed by atoms with van der Waals surface area (Å²) in [6.07, 6.45) is 0. The summed E-state index contributed by atoms with van der Waals surface area (Å²) in [5.74, 6) is -0.00627. The number of phenolic OH excluding ortho intramolecular Hbond substituents is 2. The van der Waals surface area contributed by atoms with Crippen LogP contribution in [0.3, 0.4) is 0 Å². The average Bonchev–Trinajstić information content (AvgIpc) is 2.88. The van der Waals surface area contributed by atoms with Crippen LogP contribution in [-0.4, -0.2) is 15.1 Å². The second-order valence-corrected chi connectivity index (χ2v) is 5.06. The standard InChI is InChI=1S/C16H17NO2/c1-11(12-5-3-2-4-6-12)17-9-13-7-8-15(18)16(19)14(13)10-17/h2-8,11,18-19H,9-10H2,1H3. The normalized spacial score (nSPS) is 16.3. The number of nitrogens with zero attached hydrogens (tertiary/aromatic N) is 1. The lowest BCUT2D eigenvalue weighted by Crippen LogP contribution is -2.20. The molecule has 1 aliphatic heterocycles. The lowest BCUT2D eigenvalue weighted by Gasteiger charge is -2.24. The molecule has 3 heteroatoms. The molecule has 2 N–H and O–H groups in total. The zero-order chi connectivity index (χ0) is 13.4. The molecule has 1 atom stereocenters. The van der Waals surface area contributed by atoms with Gasteiger partial charge in [0.15, 0.2) is 11.5 Å². The maximum absolute atomic E-state index is 9.91. The molecule has 98 valence electrons. The summed E-state index contributed by atoms with van der Waals surface area (Å²) in [7, 11) is 0. The van der Waals surface area contributed by atoms with Crippen LogP contribution in [0.2, 0.25) is 0 Å². The van der Waals surface area contributed by atoms with E-state index in [4.69, 9.17) is 0 Å². The van der Waals surface area contributed by atoms with E-state index in [-0.39, 0.29) is 17.5 Å². The molecule has 2 aromatic carbocycles. The number of phenols is 2. The maximum atomic E-state index is 9.91. The van der Waals surface area contributed by atoms with Gasteiger partial charge >= 0.3 is 0 Å². The second-order valence-electron chi connectivity index (χ2n) is 5.06. The molecule has 1 heterocycles. The van der Waals surface area contributed by atoms with E-state index in [1.165, 1.54) is 5.56 Å². The molecule has 0 amide bonds. The molecule has 0 aromatic heterocycles. The summed E-state index contributed by atoms with van der Waals surface area (Å²) < 4.78 is 0. The maximum Gasteiger partial charge on any atom is 0.162 e. The van der Waals surface area contributed by atoms with Crippen LogP contribution in [-0.2, 0) is 13.1 Å². The number of benzene rings is 2. The van der Waals surface area contributed by atoms with Gasteiger partial charge in [-0.05, 0) is 24.1 Å². The summed E-state index contributed by atoms with van der Waals surface area (Å²) in [4.78, 5) is 2.29. The van der Waals surface area contributed by atoms with Crippen molar-refractivity contribution in [2.75, 3.05) is 0 Å². The van der Waals surface area contributed by atoms with Gasteiger partial charge in [0.05, 0.1) is 0 Å². The smallest absolute Gasteiger partial charge is 0.162 e. The topological polar surface area (TPSA) is 43.7 Å². The number of fused-ring (bicyclic) bond motifs is 1. The minimum absolute atomic E-state index is 0.0280. The molecule has 0 bridgehead atoms. The Kier molecular flexibility index (Phi) is 2.91. The van der Waals surface area contributed by atoms with Crippen LogP contribution in [0.25, 0.3) is 0 Å². The van der Waals surface area contributed by atoms with Gasteiger partial charge in [0, 0.05) is 24.7 Å². The van der Waals surface area contributed by atoms with Crippen LogP contribution >= 0.6 is 0 Å². The molecule has 1 aliphatic rings. The fraction of sp³-hybridized carbons (Fsp3) is 0.250. The Morgan fingerprint density at radius 3 is 2.47 bits per heavy atom. The number of hydrogen-bond donors (Lipinski definition) is 2. The van der Waals surface area contributed by atoms with E-state index in [9.17, 15) is 10.2 Å². The third kappa shape index (κ3) is 2.06. The fourth-order valence-corrected chi connectivity index (χ4v) is 2.68. The van der Waals surface area contributed by atoms with Crippen molar-refractivity contribution < 1.29 is 10.2 Å². The summed E-state index contributed by atoms with van der Waals surface area (Å²) in [5, 5.41) is 19.5. The minimum atomic E-state index is -0.0343. The molecule has 0 saturated heterocycles. The van der Waals surface area contributed by atoms with E-state index in [0.717, 1.165) is 17.7 Å². The summed E-state index contributed by atoms with van der Waals surface area (Å²) in [6, 6.07) is 14.1. The lowest BCUT2D eigenvalue weighted by molar-refractivity contribution is 0.213. The van der Waals surface area contributed by atoms with Gasteiger partial charge in [-0.2, -0.15) is 0 Å². The van der Waals surface area contributed by atoms with Crippen LogP contribution in [0.4, 0.5) is 0 Å². The van der Waals surface area contributed by atoms with Crippen LogP contribution in [0.5, 0.6) is 11.5 Å². The second kappa shape index (κ2) is 4.59. The largest absolute Gasteiger partial charge is 0.504 e. The van der Waals surface area contributed by atoms with E-state index in [1.54, 1.807) is 6.07 Å². The SMILES string of the molecule is CC(c1ccccc1)N1Cc2ccc(O)c(O)c2C1.